The van der Waals surface area contributed by atoms with Crippen molar-refractivity contribution >= 4 is 11.8 Å². The molecule has 4 heteroatoms. The Bertz CT molecular complexity index is 388. The van der Waals surface area contributed by atoms with Crippen molar-refractivity contribution in [2.45, 2.75) is 30.8 Å². The van der Waals surface area contributed by atoms with E-state index in [0.717, 1.165) is 38.5 Å². The van der Waals surface area contributed by atoms with Crippen LogP contribution in [0.4, 0.5) is 0 Å². The van der Waals surface area contributed by atoms with E-state index in [1.807, 2.05) is 0 Å². The maximum Gasteiger partial charge on any atom is 0.0760 e. The van der Waals surface area contributed by atoms with Crippen LogP contribution < -0.4 is 5.32 Å². The van der Waals surface area contributed by atoms with Crippen molar-refractivity contribution in [3.8, 4) is 0 Å². The maximum absolute atomic E-state index is 10.1. The van der Waals surface area contributed by atoms with Crippen LogP contribution in [0.2, 0.25) is 0 Å². The topological polar surface area (TPSA) is 35.5 Å². The quantitative estimate of drug-likeness (QED) is 0.788. The molecule has 1 saturated heterocycles. The molecule has 1 aromatic carbocycles. The highest BCUT2D eigenvalue weighted by Gasteiger charge is 2.14. The van der Waals surface area contributed by atoms with Gasteiger partial charge in [0.05, 0.1) is 6.10 Å². The van der Waals surface area contributed by atoms with E-state index >= 15 is 0 Å². The molecule has 0 amide bonds. The number of thioether (sulfide) groups is 1. The third kappa shape index (κ3) is 5.09. The normalized spacial score (nSPS) is 18.4. The van der Waals surface area contributed by atoms with E-state index in [0.29, 0.717) is 5.92 Å². The van der Waals surface area contributed by atoms with Crippen LogP contribution in [0.5, 0.6) is 0 Å². The first kappa shape index (κ1) is 15.8. The first-order valence-corrected chi connectivity index (χ1v) is 8.47. The van der Waals surface area contributed by atoms with Crippen molar-refractivity contribution in [3.63, 3.8) is 0 Å². The third-order valence-electron chi connectivity index (χ3n) is 3.67. The van der Waals surface area contributed by atoms with Crippen LogP contribution in [-0.4, -0.2) is 54.6 Å². The molecule has 1 aliphatic rings. The second-order valence-corrected chi connectivity index (χ2v) is 6.83. The van der Waals surface area contributed by atoms with Crippen LogP contribution >= 0.6 is 11.8 Å². The Kier molecular flexibility index (Phi) is 6.36. The Morgan fingerprint density at radius 3 is 2.45 bits per heavy atom. The van der Waals surface area contributed by atoms with Crippen LogP contribution in [0.1, 0.15) is 25.3 Å². The van der Waals surface area contributed by atoms with Gasteiger partial charge < -0.3 is 10.4 Å². The van der Waals surface area contributed by atoms with E-state index in [1.54, 1.807) is 11.8 Å². The average Bonchev–Trinajstić information content (AvgIpc) is 2.46. The van der Waals surface area contributed by atoms with Gasteiger partial charge in [-0.25, -0.2) is 0 Å². The van der Waals surface area contributed by atoms with Gasteiger partial charge in [0, 0.05) is 43.4 Å². The zero-order chi connectivity index (χ0) is 14.4. The number of nitrogens with zero attached hydrogens (tertiary/aromatic N) is 1. The summed E-state index contributed by atoms with van der Waals surface area (Å²) in [4.78, 5) is 3.58. The smallest absolute Gasteiger partial charge is 0.0760 e. The lowest BCUT2D eigenvalue weighted by atomic mass is 10.0. The Morgan fingerprint density at radius 2 is 1.85 bits per heavy atom. The zero-order valence-electron chi connectivity index (χ0n) is 12.5. The third-order valence-corrected chi connectivity index (χ3v) is 4.82. The Balaban J connectivity index is 1.73. The molecule has 0 aromatic heterocycles. The summed E-state index contributed by atoms with van der Waals surface area (Å²) < 4.78 is 0. The molecule has 1 heterocycles. The summed E-state index contributed by atoms with van der Waals surface area (Å²) in [6, 6.07) is 8.71. The lowest BCUT2D eigenvalue weighted by Gasteiger charge is -2.28. The minimum absolute atomic E-state index is 0.247. The number of aliphatic hydroxyl groups excluding tert-OH is 1. The van der Waals surface area contributed by atoms with E-state index in [-0.39, 0.29) is 6.10 Å². The predicted molar refractivity (Wildman–Crippen MR) is 86.6 cm³/mol. The minimum Gasteiger partial charge on any atom is -0.391 e. The van der Waals surface area contributed by atoms with Crippen LogP contribution in [0.3, 0.4) is 0 Å². The summed E-state index contributed by atoms with van der Waals surface area (Å²) in [6.45, 7) is 9.38. The van der Waals surface area contributed by atoms with Crippen molar-refractivity contribution in [3.05, 3.63) is 29.8 Å². The van der Waals surface area contributed by atoms with Crippen LogP contribution in [0.15, 0.2) is 29.2 Å². The van der Waals surface area contributed by atoms with Crippen LogP contribution in [0, 0.1) is 0 Å². The molecule has 3 nitrogen and oxygen atoms in total. The van der Waals surface area contributed by atoms with Gasteiger partial charge in [-0.05, 0) is 23.6 Å². The standard InChI is InChI=1S/C16H26N2OS/c1-13(2)14-3-5-16(6-4-14)20-12-15(19)11-18-9-7-17-8-10-18/h3-6,13,15,17,19H,7-12H2,1-2H3. The Labute approximate surface area is 126 Å². The van der Waals surface area contributed by atoms with E-state index in [9.17, 15) is 5.11 Å². The molecule has 0 saturated carbocycles. The van der Waals surface area contributed by atoms with E-state index in [2.05, 4.69) is 48.3 Å². The molecule has 1 aliphatic heterocycles. The van der Waals surface area contributed by atoms with Crippen LogP contribution in [-0.2, 0) is 0 Å². The highest BCUT2D eigenvalue weighted by molar-refractivity contribution is 7.99. The average molecular weight is 294 g/mol. The fraction of sp³-hybridized carbons (Fsp3) is 0.625. The number of benzene rings is 1. The first-order valence-electron chi connectivity index (χ1n) is 7.49. The van der Waals surface area contributed by atoms with Gasteiger partial charge in [-0.3, -0.25) is 4.90 Å². The minimum atomic E-state index is -0.247. The first-order chi connectivity index (χ1) is 9.65. The molecule has 1 atom stereocenters. The SMILES string of the molecule is CC(C)c1ccc(SCC(O)CN2CCNCC2)cc1. The van der Waals surface area contributed by atoms with Crippen LogP contribution in [0.25, 0.3) is 0 Å². The maximum atomic E-state index is 10.1. The summed E-state index contributed by atoms with van der Waals surface area (Å²) in [6.07, 6.45) is -0.247. The largest absolute Gasteiger partial charge is 0.391 e. The molecule has 0 radical (unpaired) electrons. The van der Waals surface area contributed by atoms with E-state index in [4.69, 9.17) is 0 Å². The number of nitrogens with one attached hydrogen (secondary N) is 1. The van der Waals surface area contributed by atoms with E-state index < -0.39 is 0 Å². The van der Waals surface area contributed by atoms with Crippen molar-refractivity contribution in [1.82, 2.24) is 10.2 Å². The zero-order valence-corrected chi connectivity index (χ0v) is 13.3. The number of piperazine rings is 1. The van der Waals surface area contributed by atoms with Gasteiger partial charge in [-0.15, -0.1) is 11.8 Å². The highest BCUT2D eigenvalue weighted by Crippen LogP contribution is 2.22. The number of rotatable bonds is 6. The molecule has 0 aliphatic carbocycles. The fourth-order valence-electron chi connectivity index (χ4n) is 2.39. The molecule has 112 valence electrons. The summed E-state index contributed by atoms with van der Waals surface area (Å²) in [5, 5.41) is 13.5. The second kappa shape index (κ2) is 8.03. The number of hydrogen-bond acceptors (Lipinski definition) is 4. The van der Waals surface area contributed by atoms with Crippen molar-refractivity contribution in [1.29, 1.82) is 0 Å². The summed E-state index contributed by atoms with van der Waals surface area (Å²) in [5.41, 5.74) is 1.37. The fourth-order valence-corrected chi connectivity index (χ4v) is 3.20. The van der Waals surface area contributed by atoms with Crippen molar-refractivity contribution < 1.29 is 5.11 Å². The van der Waals surface area contributed by atoms with Crippen molar-refractivity contribution in [2.75, 3.05) is 38.5 Å². The summed E-state index contributed by atoms with van der Waals surface area (Å²) >= 11 is 1.75. The molecule has 2 N–H and O–H groups in total. The van der Waals surface area contributed by atoms with Gasteiger partial charge in [-0.2, -0.15) is 0 Å². The molecule has 20 heavy (non-hydrogen) atoms. The Hall–Kier alpha value is -0.550. The van der Waals surface area contributed by atoms with Crippen molar-refractivity contribution in [2.24, 2.45) is 0 Å². The number of aliphatic hydroxyl groups is 1. The molecule has 2 rings (SSSR count). The number of β-amino-alcohol motifs (C(OH)–C–C–N with tert-alkyl or cyclic N) is 1. The summed E-state index contributed by atoms with van der Waals surface area (Å²) in [7, 11) is 0. The number of hydrogen-bond donors (Lipinski definition) is 2. The lowest BCUT2D eigenvalue weighted by molar-refractivity contribution is 0.121. The van der Waals surface area contributed by atoms with Gasteiger partial charge in [0.2, 0.25) is 0 Å². The second-order valence-electron chi connectivity index (χ2n) is 5.74. The molecule has 1 unspecified atom stereocenters. The molecule has 0 spiro atoms. The predicted octanol–water partition coefficient (Wildman–Crippen LogP) is 2.17. The summed E-state index contributed by atoms with van der Waals surface area (Å²) in [5.74, 6) is 1.35. The molecular formula is C16H26N2OS. The van der Waals surface area contributed by atoms with Gasteiger partial charge >= 0.3 is 0 Å². The molecule has 1 aromatic rings. The molecule has 0 bridgehead atoms. The lowest BCUT2D eigenvalue weighted by Crippen LogP contribution is -2.46. The molecule has 1 fully saturated rings. The van der Waals surface area contributed by atoms with Gasteiger partial charge in [0.15, 0.2) is 0 Å². The van der Waals surface area contributed by atoms with Gasteiger partial charge in [-0.1, -0.05) is 26.0 Å². The van der Waals surface area contributed by atoms with E-state index in [1.165, 1.54) is 10.5 Å². The highest BCUT2D eigenvalue weighted by atomic mass is 32.2. The van der Waals surface area contributed by atoms with Gasteiger partial charge in [0.1, 0.15) is 0 Å². The Morgan fingerprint density at radius 1 is 1.20 bits per heavy atom. The molecular weight excluding hydrogens is 268 g/mol. The monoisotopic (exact) mass is 294 g/mol. The van der Waals surface area contributed by atoms with Gasteiger partial charge in [0.25, 0.3) is 0 Å².